The molecule has 28 heavy (non-hydrogen) atoms. The summed E-state index contributed by atoms with van der Waals surface area (Å²) in [6.45, 7) is 0. The number of carbonyl (C=O) groups is 1. The highest BCUT2D eigenvalue weighted by molar-refractivity contribution is 9.10. The molecule has 1 aromatic heterocycles. The molecule has 2 N–H and O–H groups in total. The number of benzene rings is 3. The molecule has 0 atom stereocenters. The van der Waals surface area contributed by atoms with Crippen molar-refractivity contribution in [1.29, 1.82) is 0 Å². The number of halogens is 1. The fourth-order valence-corrected chi connectivity index (χ4v) is 3.07. The normalized spacial score (nSPS) is 11.2. The first-order valence-corrected chi connectivity index (χ1v) is 9.31. The van der Waals surface area contributed by atoms with Crippen LogP contribution in [0.3, 0.4) is 0 Å². The van der Waals surface area contributed by atoms with E-state index >= 15 is 0 Å². The predicted octanol–water partition coefficient (Wildman–Crippen LogP) is 5.61. The van der Waals surface area contributed by atoms with Crippen molar-refractivity contribution in [2.75, 3.05) is 5.32 Å². The van der Waals surface area contributed by atoms with Crippen LogP contribution in [0.25, 0.3) is 28.6 Å². The standard InChI is InChI=1S/C22H15BrN2O3/c23-17-12-15(7-9-19(17)26)22-25-18-13-16(8-10-20(18)28-22)24-21(27)11-6-14-4-2-1-3-5-14/h1-13,26H,(H,24,27)/b11-6+. The zero-order valence-corrected chi connectivity index (χ0v) is 16.2. The molecule has 0 aliphatic rings. The highest BCUT2D eigenvalue weighted by Gasteiger charge is 2.11. The highest BCUT2D eigenvalue weighted by Crippen LogP contribution is 2.31. The van der Waals surface area contributed by atoms with Crippen molar-refractivity contribution in [3.05, 3.63) is 82.8 Å². The average molecular weight is 435 g/mol. The minimum Gasteiger partial charge on any atom is -0.507 e. The average Bonchev–Trinajstić information content (AvgIpc) is 3.13. The summed E-state index contributed by atoms with van der Waals surface area (Å²) >= 11 is 3.28. The number of phenolic OH excluding ortho intramolecular Hbond substituents is 1. The number of amides is 1. The lowest BCUT2D eigenvalue weighted by atomic mass is 10.2. The Hall–Kier alpha value is -3.38. The minimum absolute atomic E-state index is 0.147. The number of hydrogen-bond acceptors (Lipinski definition) is 4. The van der Waals surface area contributed by atoms with Crippen LogP contribution in [0.2, 0.25) is 0 Å². The molecular formula is C22H15BrN2O3. The lowest BCUT2D eigenvalue weighted by Gasteiger charge is -2.01. The van der Waals surface area contributed by atoms with Crippen molar-refractivity contribution in [3.8, 4) is 17.2 Å². The van der Waals surface area contributed by atoms with Crippen LogP contribution in [0, 0.1) is 0 Å². The molecule has 0 bridgehead atoms. The Morgan fingerprint density at radius 3 is 2.68 bits per heavy atom. The van der Waals surface area contributed by atoms with E-state index in [1.54, 1.807) is 42.5 Å². The molecule has 1 heterocycles. The summed E-state index contributed by atoms with van der Waals surface area (Å²) in [6, 6.07) is 19.9. The summed E-state index contributed by atoms with van der Waals surface area (Å²) in [5.74, 6) is 0.353. The van der Waals surface area contributed by atoms with Crippen LogP contribution in [0.4, 0.5) is 5.69 Å². The van der Waals surface area contributed by atoms with Gasteiger partial charge >= 0.3 is 0 Å². The van der Waals surface area contributed by atoms with Gasteiger partial charge in [-0.25, -0.2) is 4.98 Å². The smallest absolute Gasteiger partial charge is 0.248 e. The predicted molar refractivity (Wildman–Crippen MR) is 113 cm³/mol. The molecule has 0 aliphatic heterocycles. The summed E-state index contributed by atoms with van der Waals surface area (Å²) in [5.41, 5.74) is 3.55. The molecule has 4 aromatic rings. The lowest BCUT2D eigenvalue weighted by molar-refractivity contribution is -0.111. The van der Waals surface area contributed by atoms with Crippen LogP contribution in [0.5, 0.6) is 5.75 Å². The number of anilines is 1. The SMILES string of the molecule is O=C(/C=C/c1ccccc1)Nc1ccc2oc(-c3ccc(O)c(Br)c3)nc2c1. The van der Waals surface area contributed by atoms with E-state index in [1.807, 2.05) is 30.3 Å². The Bertz CT molecular complexity index is 1180. The molecule has 0 saturated carbocycles. The maximum absolute atomic E-state index is 12.1. The van der Waals surface area contributed by atoms with Gasteiger partial charge in [0.25, 0.3) is 0 Å². The number of oxazole rings is 1. The number of nitrogens with one attached hydrogen (secondary N) is 1. The van der Waals surface area contributed by atoms with Crippen molar-refractivity contribution in [3.63, 3.8) is 0 Å². The van der Waals surface area contributed by atoms with E-state index in [1.165, 1.54) is 6.08 Å². The van der Waals surface area contributed by atoms with Crippen LogP contribution in [0.15, 0.2) is 81.7 Å². The molecular weight excluding hydrogens is 420 g/mol. The van der Waals surface area contributed by atoms with Gasteiger partial charge in [-0.15, -0.1) is 0 Å². The molecule has 3 aromatic carbocycles. The van der Waals surface area contributed by atoms with Gasteiger partial charge in [0.05, 0.1) is 4.47 Å². The van der Waals surface area contributed by atoms with Crippen molar-refractivity contribution in [1.82, 2.24) is 4.98 Å². The Morgan fingerprint density at radius 1 is 1.07 bits per heavy atom. The summed E-state index contributed by atoms with van der Waals surface area (Å²) < 4.78 is 6.33. The van der Waals surface area contributed by atoms with E-state index in [2.05, 4.69) is 26.2 Å². The van der Waals surface area contributed by atoms with Crippen LogP contribution in [0.1, 0.15) is 5.56 Å². The van der Waals surface area contributed by atoms with Crippen molar-refractivity contribution in [2.45, 2.75) is 0 Å². The third kappa shape index (κ3) is 3.97. The zero-order chi connectivity index (χ0) is 19.5. The number of rotatable bonds is 4. The molecule has 0 radical (unpaired) electrons. The van der Waals surface area contributed by atoms with Crippen LogP contribution < -0.4 is 5.32 Å². The molecule has 1 amide bonds. The largest absolute Gasteiger partial charge is 0.507 e. The number of fused-ring (bicyclic) bond motifs is 1. The first kappa shape index (κ1) is 18.0. The van der Waals surface area contributed by atoms with Crippen LogP contribution >= 0.6 is 15.9 Å². The molecule has 138 valence electrons. The lowest BCUT2D eigenvalue weighted by Crippen LogP contribution is -2.07. The summed E-state index contributed by atoms with van der Waals surface area (Å²) in [6.07, 6.45) is 3.24. The Morgan fingerprint density at radius 2 is 1.89 bits per heavy atom. The number of nitrogens with zero attached hydrogens (tertiary/aromatic N) is 1. The van der Waals surface area contributed by atoms with Gasteiger partial charge < -0.3 is 14.8 Å². The Balaban J connectivity index is 1.53. The van der Waals surface area contributed by atoms with Gasteiger partial charge in [0.1, 0.15) is 11.3 Å². The maximum Gasteiger partial charge on any atom is 0.248 e. The van der Waals surface area contributed by atoms with Crippen molar-refractivity contribution < 1.29 is 14.3 Å². The fraction of sp³-hybridized carbons (Fsp3) is 0. The van der Waals surface area contributed by atoms with E-state index in [0.717, 1.165) is 11.1 Å². The first-order chi connectivity index (χ1) is 13.6. The quantitative estimate of drug-likeness (QED) is 0.409. The van der Waals surface area contributed by atoms with Gasteiger partial charge in [0, 0.05) is 17.3 Å². The minimum atomic E-state index is -0.227. The summed E-state index contributed by atoms with van der Waals surface area (Å²) in [4.78, 5) is 16.6. The van der Waals surface area contributed by atoms with Gasteiger partial charge in [-0.05, 0) is 64.0 Å². The Labute approximate surface area is 169 Å². The van der Waals surface area contributed by atoms with Gasteiger partial charge in [-0.2, -0.15) is 0 Å². The van der Waals surface area contributed by atoms with E-state index in [4.69, 9.17) is 4.42 Å². The third-order valence-electron chi connectivity index (χ3n) is 4.08. The number of hydrogen-bond donors (Lipinski definition) is 2. The maximum atomic E-state index is 12.1. The Kier molecular flexibility index (Phi) is 4.95. The highest BCUT2D eigenvalue weighted by atomic mass is 79.9. The summed E-state index contributed by atoms with van der Waals surface area (Å²) in [5, 5.41) is 12.4. The third-order valence-corrected chi connectivity index (χ3v) is 4.71. The monoisotopic (exact) mass is 434 g/mol. The number of aromatic hydroxyl groups is 1. The molecule has 0 spiro atoms. The molecule has 6 heteroatoms. The van der Waals surface area contributed by atoms with Crippen LogP contribution in [-0.2, 0) is 4.79 Å². The number of phenols is 1. The topological polar surface area (TPSA) is 75.4 Å². The second-order valence-corrected chi connectivity index (χ2v) is 6.96. The summed E-state index contributed by atoms with van der Waals surface area (Å²) in [7, 11) is 0. The second kappa shape index (κ2) is 7.70. The molecule has 4 rings (SSSR count). The van der Waals surface area contributed by atoms with Crippen LogP contribution in [-0.4, -0.2) is 16.0 Å². The molecule has 0 aliphatic carbocycles. The van der Waals surface area contributed by atoms with E-state index < -0.39 is 0 Å². The molecule has 0 unspecified atom stereocenters. The van der Waals surface area contributed by atoms with Gasteiger partial charge in [0.2, 0.25) is 11.8 Å². The van der Waals surface area contributed by atoms with Gasteiger partial charge in [-0.1, -0.05) is 30.3 Å². The number of aromatic nitrogens is 1. The van der Waals surface area contributed by atoms with Gasteiger partial charge in [-0.3, -0.25) is 4.79 Å². The van der Waals surface area contributed by atoms with Crippen molar-refractivity contribution >= 4 is 44.7 Å². The van der Waals surface area contributed by atoms with E-state index in [0.29, 0.717) is 27.2 Å². The fourth-order valence-electron chi connectivity index (χ4n) is 2.69. The van der Waals surface area contributed by atoms with E-state index in [-0.39, 0.29) is 11.7 Å². The second-order valence-electron chi connectivity index (χ2n) is 6.10. The zero-order valence-electron chi connectivity index (χ0n) is 14.6. The van der Waals surface area contributed by atoms with Crippen molar-refractivity contribution in [2.24, 2.45) is 0 Å². The number of carbonyl (C=O) groups excluding carboxylic acids is 1. The van der Waals surface area contributed by atoms with E-state index in [9.17, 15) is 9.90 Å². The van der Waals surface area contributed by atoms with Gasteiger partial charge in [0.15, 0.2) is 5.58 Å². The first-order valence-electron chi connectivity index (χ1n) is 8.52. The molecule has 0 saturated heterocycles. The molecule has 0 fully saturated rings. The molecule has 5 nitrogen and oxygen atoms in total.